The first kappa shape index (κ1) is 23.0. The van der Waals surface area contributed by atoms with Gasteiger partial charge in [0.25, 0.3) is 5.91 Å². The van der Waals surface area contributed by atoms with Gasteiger partial charge in [0.15, 0.2) is 6.04 Å². The maximum atomic E-state index is 13.3. The third kappa shape index (κ3) is 5.74. The van der Waals surface area contributed by atoms with Gasteiger partial charge in [-0.3, -0.25) is 9.69 Å². The zero-order valence-corrected chi connectivity index (χ0v) is 19.4. The fourth-order valence-corrected chi connectivity index (χ4v) is 4.42. The number of thiocarbonyl (C=S) groups is 1. The summed E-state index contributed by atoms with van der Waals surface area (Å²) in [6, 6.07) is 15.7. The molecule has 1 aliphatic heterocycles. The van der Waals surface area contributed by atoms with E-state index in [4.69, 9.17) is 21.7 Å². The highest BCUT2D eigenvalue weighted by atomic mass is 32.2. The number of benzene rings is 2. The molecule has 1 fully saturated rings. The van der Waals surface area contributed by atoms with Crippen molar-refractivity contribution in [3.63, 3.8) is 0 Å². The molecule has 1 heterocycles. The Balaban J connectivity index is 1.91. The average molecular weight is 456 g/mol. The second-order valence-electron chi connectivity index (χ2n) is 7.27. The van der Waals surface area contributed by atoms with E-state index in [1.807, 2.05) is 63.2 Å². The molecule has 2 aromatic rings. The van der Waals surface area contributed by atoms with Crippen molar-refractivity contribution in [3.8, 4) is 5.75 Å². The molecule has 1 amide bonds. The van der Waals surface area contributed by atoms with Gasteiger partial charge in [-0.1, -0.05) is 73.4 Å². The van der Waals surface area contributed by atoms with E-state index in [-0.39, 0.29) is 18.6 Å². The van der Waals surface area contributed by atoms with Crippen LogP contribution in [0.4, 0.5) is 0 Å². The Bertz CT molecular complexity index is 988. The molecule has 0 saturated carbocycles. The number of ether oxygens (including phenoxy) is 2. The molecule has 1 aliphatic rings. The van der Waals surface area contributed by atoms with Crippen molar-refractivity contribution in [1.82, 2.24) is 4.90 Å². The first-order chi connectivity index (χ1) is 14.9. The molecule has 1 atom stereocenters. The number of amides is 1. The molecule has 3 rings (SSSR count). The van der Waals surface area contributed by atoms with Crippen molar-refractivity contribution in [2.45, 2.75) is 39.3 Å². The lowest BCUT2D eigenvalue weighted by molar-refractivity contribution is -0.151. The summed E-state index contributed by atoms with van der Waals surface area (Å²) in [5.74, 6) is -0.0741. The second-order valence-corrected chi connectivity index (χ2v) is 8.95. The Morgan fingerprint density at radius 3 is 2.58 bits per heavy atom. The fourth-order valence-electron chi connectivity index (χ4n) is 3.11. The largest absolute Gasteiger partial charge is 0.491 e. The van der Waals surface area contributed by atoms with Gasteiger partial charge >= 0.3 is 5.97 Å². The minimum Gasteiger partial charge on any atom is -0.491 e. The van der Waals surface area contributed by atoms with Crippen LogP contribution in [0, 0.1) is 0 Å². The summed E-state index contributed by atoms with van der Waals surface area (Å²) < 4.78 is 11.4. The Kier molecular flexibility index (Phi) is 7.87. The van der Waals surface area contributed by atoms with Gasteiger partial charge in [0.2, 0.25) is 0 Å². The molecule has 1 saturated heterocycles. The van der Waals surface area contributed by atoms with Gasteiger partial charge in [-0.2, -0.15) is 0 Å². The van der Waals surface area contributed by atoms with E-state index in [0.717, 1.165) is 11.3 Å². The van der Waals surface area contributed by atoms with E-state index in [1.165, 1.54) is 16.7 Å². The van der Waals surface area contributed by atoms with E-state index >= 15 is 0 Å². The Morgan fingerprint density at radius 1 is 1.16 bits per heavy atom. The summed E-state index contributed by atoms with van der Waals surface area (Å²) in [7, 11) is 0. The topological polar surface area (TPSA) is 55.8 Å². The number of nitrogens with zero attached hydrogens (tertiary/aromatic N) is 1. The van der Waals surface area contributed by atoms with Crippen LogP contribution in [-0.2, 0) is 14.3 Å². The van der Waals surface area contributed by atoms with Crippen molar-refractivity contribution < 1.29 is 19.1 Å². The lowest BCUT2D eigenvalue weighted by Gasteiger charge is -2.25. The van der Waals surface area contributed by atoms with Gasteiger partial charge in [-0.15, -0.1) is 0 Å². The normalized spacial score (nSPS) is 16.1. The number of thioether (sulfide) groups is 1. The number of esters is 1. The van der Waals surface area contributed by atoms with Crippen LogP contribution in [0.3, 0.4) is 0 Å². The maximum absolute atomic E-state index is 13.3. The maximum Gasteiger partial charge on any atom is 0.333 e. The number of rotatable bonds is 8. The summed E-state index contributed by atoms with van der Waals surface area (Å²) in [5, 5.41) is 0. The molecule has 2 aromatic carbocycles. The van der Waals surface area contributed by atoms with E-state index in [1.54, 1.807) is 18.2 Å². The van der Waals surface area contributed by atoms with Crippen LogP contribution < -0.4 is 4.74 Å². The predicted octanol–water partition coefficient (Wildman–Crippen LogP) is 5.37. The van der Waals surface area contributed by atoms with Crippen LogP contribution >= 0.6 is 24.0 Å². The van der Waals surface area contributed by atoms with Crippen LogP contribution in [0.1, 0.15) is 44.4 Å². The highest BCUT2D eigenvalue weighted by Crippen LogP contribution is 2.39. The Morgan fingerprint density at radius 2 is 1.90 bits per heavy atom. The van der Waals surface area contributed by atoms with Crippen molar-refractivity contribution in [1.29, 1.82) is 0 Å². The van der Waals surface area contributed by atoms with Crippen molar-refractivity contribution in [2.75, 3.05) is 6.61 Å². The zero-order valence-electron chi connectivity index (χ0n) is 17.7. The molecule has 1 unspecified atom stereocenters. The lowest BCUT2D eigenvalue weighted by atomic mass is 10.1. The third-order valence-corrected chi connectivity index (χ3v) is 5.73. The van der Waals surface area contributed by atoms with Gasteiger partial charge in [-0.05, 0) is 49.6 Å². The second kappa shape index (κ2) is 10.6. The quantitative estimate of drug-likeness (QED) is 0.303. The molecule has 7 heteroatoms. The molecule has 0 aliphatic carbocycles. The molecule has 0 spiro atoms. The van der Waals surface area contributed by atoms with E-state index in [2.05, 4.69) is 0 Å². The highest BCUT2D eigenvalue weighted by Gasteiger charge is 2.42. The van der Waals surface area contributed by atoms with E-state index in [0.29, 0.717) is 21.2 Å². The Hall–Kier alpha value is -2.64. The number of carbonyl (C=O) groups excluding carboxylic acids is 2. The summed E-state index contributed by atoms with van der Waals surface area (Å²) in [4.78, 5) is 28.0. The Labute approximate surface area is 192 Å². The fraction of sp³-hybridized carbons (Fsp3) is 0.292. The van der Waals surface area contributed by atoms with Crippen LogP contribution in [0.5, 0.6) is 5.75 Å². The average Bonchev–Trinajstić information content (AvgIpc) is 3.01. The minimum atomic E-state index is -0.915. The minimum absolute atomic E-state index is 0.0502. The molecule has 5 nitrogen and oxygen atoms in total. The van der Waals surface area contributed by atoms with Gasteiger partial charge in [0, 0.05) is 0 Å². The number of hydrogen-bond donors (Lipinski definition) is 0. The summed E-state index contributed by atoms with van der Waals surface area (Å²) in [5.41, 5.74) is 1.48. The molecule has 0 N–H and O–H groups in total. The highest BCUT2D eigenvalue weighted by molar-refractivity contribution is 8.26. The molecule has 0 bridgehead atoms. The molecular formula is C24H25NO4S2. The SMILES string of the molecule is CCCOC(=O)C(c1ccccc1)N1C(=O)/C(=C\c2cccc(OC(C)C)c2)SC1=S. The monoisotopic (exact) mass is 455 g/mol. The lowest BCUT2D eigenvalue weighted by Crippen LogP contribution is -2.38. The van der Waals surface area contributed by atoms with Crippen LogP contribution in [0.15, 0.2) is 59.5 Å². The van der Waals surface area contributed by atoms with Gasteiger partial charge in [0.1, 0.15) is 10.1 Å². The molecule has 0 radical (unpaired) electrons. The summed E-state index contributed by atoms with van der Waals surface area (Å²) in [6.45, 7) is 6.12. The van der Waals surface area contributed by atoms with Gasteiger partial charge in [0.05, 0.1) is 17.6 Å². The zero-order chi connectivity index (χ0) is 22.4. The predicted molar refractivity (Wildman–Crippen MR) is 128 cm³/mol. The van der Waals surface area contributed by atoms with Crippen LogP contribution in [0.25, 0.3) is 6.08 Å². The molecule has 162 valence electrons. The number of carbonyl (C=O) groups is 2. The summed E-state index contributed by atoms with van der Waals surface area (Å²) >= 11 is 6.68. The molecule has 0 aromatic heterocycles. The van der Waals surface area contributed by atoms with Crippen LogP contribution in [0.2, 0.25) is 0 Å². The standard InChI is InChI=1S/C24H25NO4S2/c1-4-13-28-23(27)21(18-10-6-5-7-11-18)25-22(26)20(31-24(25)30)15-17-9-8-12-19(14-17)29-16(2)3/h5-12,14-16,21H,4,13H2,1-3H3/b20-15+. The third-order valence-electron chi connectivity index (χ3n) is 4.40. The van der Waals surface area contributed by atoms with Crippen LogP contribution in [-0.4, -0.2) is 33.8 Å². The van der Waals surface area contributed by atoms with Gasteiger partial charge < -0.3 is 9.47 Å². The van der Waals surface area contributed by atoms with Gasteiger partial charge in [-0.25, -0.2) is 4.79 Å². The molecule has 31 heavy (non-hydrogen) atoms. The number of hydrogen-bond acceptors (Lipinski definition) is 6. The first-order valence-electron chi connectivity index (χ1n) is 10.2. The van der Waals surface area contributed by atoms with Crippen molar-refractivity contribution in [2.24, 2.45) is 0 Å². The van der Waals surface area contributed by atoms with E-state index < -0.39 is 12.0 Å². The summed E-state index contributed by atoms with van der Waals surface area (Å²) in [6.07, 6.45) is 2.51. The smallest absolute Gasteiger partial charge is 0.333 e. The first-order valence-corrected chi connectivity index (χ1v) is 11.4. The van der Waals surface area contributed by atoms with Crippen molar-refractivity contribution >= 4 is 46.3 Å². The van der Waals surface area contributed by atoms with E-state index in [9.17, 15) is 9.59 Å². The van der Waals surface area contributed by atoms with Crippen molar-refractivity contribution in [3.05, 3.63) is 70.6 Å². The molecular weight excluding hydrogens is 430 g/mol.